The topological polar surface area (TPSA) is 38.9 Å². The molecule has 0 N–H and O–H groups in total. The van der Waals surface area contributed by atoms with Gasteiger partial charge in [0.1, 0.15) is 5.69 Å². The number of para-hydroxylation sites is 1. The van der Waals surface area contributed by atoms with Crippen molar-refractivity contribution >= 4 is 10.9 Å². The SMILES string of the molecule is c1coc(-c2cc3c(c(-c4ccc5ccccc5n4)n2)CCC3)c1. The van der Waals surface area contributed by atoms with Crippen molar-refractivity contribution < 1.29 is 4.42 Å². The Morgan fingerprint density at radius 2 is 1.79 bits per heavy atom. The van der Waals surface area contributed by atoms with Crippen molar-refractivity contribution in [3.05, 3.63) is 72.0 Å². The molecule has 0 radical (unpaired) electrons. The van der Waals surface area contributed by atoms with Crippen LogP contribution in [0.5, 0.6) is 0 Å². The number of nitrogens with zero attached hydrogens (tertiary/aromatic N) is 2. The third-order valence-electron chi connectivity index (χ3n) is 4.70. The Bertz CT molecular complexity index is 1040. The zero-order chi connectivity index (χ0) is 15.9. The van der Waals surface area contributed by atoms with Gasteiger partial charge >= 0.3 is 0 Å². The number of hydrogen-bond acceptors (Lipinski definition) is 3. The molecule has 0 saturated carbocycles. The van der Waals surface area contributed by atoms with Crippen LogP contribution >= 0.6 is 0 Å². The Morgan fingerprint density at radius 3 is 2.71 bits per heavy atom. The fraction of sp³-hybridized carbons (Fsp3) is 0.143. The van der Waals surface area contributed by atoms with Gasteiger partial charge in [0.15, 0.2) is 5.76 Å². The molecule has 1 aliphatic rings. The van der Waals surface area contributed by atoms with Crippen LogP contribution in [0.4, 0.5) is 0 Å². The van der Waals surface area contributed by atoms with Gasteiger partial charge in [0.05, 0.1) is 23.2 Å². The lowest BCUT2D eigenvalue weighted by atomic mass is 10.0. The summed E-state index contributed by atoms with van der Waals surface area (Å²) in [5.41, 5.74) is 6.56. The molecule has 0 fully saturated rings. The smallest absolute Gasteiger partial charge is 0.152 e. The molecule has 3 heteroatoms. The Morgan fingerprint density at radius 1 is 0.833 bits per heavy atom. The normalized spacial score (nSPS) is 13.3. The van der Waals surface area contributed by atoms with Crippen molar-refractivity contribution in [3.8, 4) is 22.8 Å². The van der Waals surface area contributed by atoms with Crippen LogP contribution in [0.3, 0.4) is 0 Å². The van der Waals surface area contributed by atoms with Crippen LogP contribution in [0, 0.1) is 0 Å². The highest BCUT2D eigenvalue weighted by Gasteiger charge is 2.20. The lowest BCUT2D eigenvalue weighted by molar-refractivity contribution is 0.580. The van der Waals surface area contributed by atoms with Crippen molar-refractivity contribution in [2.75, 3.05) is 0 Å². The molecule has 3 nitrogen and oxygen atoms in total. The molecule has 116 valence electrons. The maximum absolute atomic E-state index is 5.56. The molecule has 5 rings (SSSR count). The second kappa shape index (κ2) is 5.31. The summed E-state index contributed by atoms with van der Waals surface area (Å²) in [7, 11) is 0. The van der Waals surface area contributed by atoms with Crippen LogP contribution in [0.1, 0.15) is 17.5 Å². The quantitative estimate of drug-likeness (QED) is 0.520. The minimum absolute atomic E-state index is 0.812. The summed E-state index contributed by atoms with van der Waals surface area (Å²) in [4.78, 5) is 9.76. The lowest BCUT2D eigenvalue weighted by Crippen LogP contribution is -1.97. The van der Waals surface area contributed by atoms with Crippen molar-refractivity contribution in [2.45, 2.75) is 19.3 Å². The van der Waals surface area contributed by atoms with Crippen LogP contribution in [0.15, 0.2) is 65.3 Å². The molecular formula is C21H16N2O. The van der Waals surface area contributed by atoms with Crippen LogP contribution < -0.4 is 0 Å². The van der Waals surface area contributed by atoms with Gasteiger partial charge in [-0.15, -0.1) is 0 Å². The zero-order valence-corrected chi connectivity index (χ0v) is 13.2. The standard InChI is InChI=1S/C21H16N2O/c1-2-8-17-14(5-1)10-11-18(22-17)21-16-7-3-6-15(16)13-19(23-21)20-9-4-12-24-20/h1-2,4-5,8-13H,3,6-7H2. The van der Waals surface area contributed by atoms with E-state index in [9.17, 15) is 0 Å². The molecule has 3 heterocycles. The Labute approximate surface area is 140 Å². The van der Waals surface area contributed by atoms with Crippen LogP contribution in [0.25, 0.3) is 33.7 Å². The maximum atomic E-state index is 5.56. The first kappa shape index (κ1) is 13.5. The Hall–Kier alpha value is -2.94. The predicted molar refractivity (Wildman–Crippen MR) is 94.7 cm³/mol. The molecule has 1 aromatic carbocycles. The van der Waals surface area contributed by atoms with E-state index >= 15 is 0 Å². The van der Waals surface area contributed by atoms with Gasteiger partial charge in [-0.3, -0.25) is 0 Å². The summed E-state index contributed by atoms with van der Waals surface area (Å²) >= 11 is 0. The lowest BCUT2D eigenvalue weighted by Gasteiger charge is -2.10. The van der Waals surface area contributed by atoms with E-state index in [1.807, 2.05) is 24.3 Å². The van der Waals surface area contributed by atoms with Crippen molar-refractivity contribution in [2.24, 2.45) is 0 Å². The molecule has 0 amide bonds. The van der Waals surface area contributed by atoms with Gasteiger partial charge in [0, 0.05) is 5.39 Å². The number of benzene rings is 1. The average molecular weight is 312 g/mol. The van der Waals surface area contributed by atoms with Crippen molar-refractivity contribution in [3.63, 3.8) is 0 Å². The van der Waals surface area contributed by atoms with Gasteiger partial charge in [-0.25, -0.2) is 9.97 Å². The molecule has 0 unspecified atom stereocenters. The van der Waals surface area contributed by atoms with E-state index in [-0.39, 0.29) is 0 Å². The van der Waals surface area contributed by atoms with Gasteiger partial charge in [-0.05, 0) is 60.7 Å². The predicted octanol–water partition coefficient (Wildman–Crippen LogP) is 5.05. The van der Waals surface area contributed by atoms with E-state index in [2.05, 4.69) is 30.3 Å². The van der Waals surface area contributed by atoms with Crippen molar-refractivity contribution in [1.82, 2.24) is 9.97 Å². The van der Waals surface area contributed by atoms with E-state index < -0.39 is 0 Å². The molecule has 1 aliphatic carbocycles. The second-order valence-corrected chi connectivity index (χ2v) is 6.21. The molecular weight excluding hydrogens is 296 g/mol. The third-order valence-corrected chi connectivity index (χ3v) is 4.70. The average Bonchev–Trinajstić information content (AvgIpc) is 3.31. The summed E-state index contributed by atoms with van der Waals surface area (Å²) in [5, 5.41) is 1.15. The van der Waals surface area contributed by atoms with Crippen LogP contribution in [-0.4, -0.2) is 9.97 Å². The van der Waals surface area contributed by atoms with E-state index in [1.165, 1.54) is 17.5 Å². The third kappa shape index (κ3) is 2.13. The molecule has 3 aromatic heterocycles. The Balaban J connectivity index is 1.74. The molecule has 0 aliphatic heterocycles. The fourth-order valence-corrected chi connectivity index (χ4v) is 3.54. The van der Waals surface area contributed by atoms with Crippen LogP contribution in [-0.2, 0) is 12.8 Å². The number of aryl methyl sites for hydroxylation is 1. The summed E-state index contributed by atoms with van der Waals surface area (Å²) in [6, 6.07) is 18.4. The minimum atomic E-state index is 0.812. The summed E-state index contributed by atoms with van der Waals surface area (Å²) in [5.74, 6) is 0.812. The van der Waals surface area contributed by atoms with Gasteiger partial charge in [-0.1, -0.05) is 24.3 Å². The number of aromatic nitrogens is 2. The summed E-state index contributed by atoms with van der Waals surface area (Å²) < 4.78 is 5.56. The largest absolute Gasteiger partial charge is 0.463 e. The molecule has 0 saturated heterocycles. The summed E-state index contributed by atoms with van der Waals surface area (Å²) in [6.45, 7) is 0. The highest BCUT2D eigenvalue weighted by atomic mass is 16.3. The molecule has 4 aromatic rings. The van der Waals surface area contributed by atoms with Gasteiger partial charge in [0.2, 0.25) is 0 Å². The van der Waals surface area contributed by atoms with Gasteiger partial charge < -0.3 is 4.42 Å². The van der Waals surface area contributed by atoms with E-state index in [0.717, 1.165) is 46.6 Å². The molecule has 0 atom stereocenters. The Kier molecular flexibility index (Phi) is 2.98. The molecule has 0 bridgehead atoms. The molecule has 24 heavy (non-hydrogen) atoms. The first-order valence-electron chi connectivity index (χ1n) is 8.31. The highest BCUT2D eigenvalue weighted by molar-refractivity contribution is 5.82. The number of fused-ring (bicyclic) bond motifs is 2. The molecule has 0 spiro atoms. The van der Waals surface area contributed by atoms with E-state index in [0.29, 0.717) is 0 Å². The number of furan rings is 1. The first-order valence-corrected chi connectivity index (χ1v) is 8.31. The summed E-state index contributed by atoms with van der Waals surface area (Å²) in [6.07, 6.45) is 5.05. The van der Waals surface area contributed by atoms with Gasteiger partial charge in [-0.2, -0.15) is 0 Å². The second-order valence-electron chi connectivity index (χ2n) is 6.21. The number of rotatable bonds is 2. The maximum Gasteiger partial charge on any atom is 0.152 e. The minimum Gasteiger partial charge on any atom is -0.463 e. The van der Waals surface area contributed by atoms with Crippen LogP contribution in [0.2, 0.25) is 0 Å². The zero-order valence-electron chi connectivity index (χ0n) is 13.2. The number of pyridine rings is 2. The van der Waals surface area contributed by atoms with Gasteiger partial charge in [0.25, 0.3) is 0 Å². The van der Waals surface area contributed by atoms with Crippen molar-refractivity contribution in [1.29, 1.82) is 0 Å². The number of hydrogen-bond donors (Lipinski definition) is 0. The monoisotopic (exact) mass is 312 g/mol. The van der Waals surface area contributed by atoms with E-state index in [1.54, 1.807) is 6.26 Å². The highest BCUT2D eigenvalue weighted by Crippen LogP contribution is 2.34. The van der Waals surface area contributed by atoms with E-state index in [4.69, 9.17) is 14.4 Å². The first-order chi connectivity index (χ1) is 11.9. The fourth-order valence-electron chi connectivity index (χ4n) is 3.54.